The molecule has 0 N–H and O–H groups in total. The fourth-order valence-corrected chi connectivity index (χ4v) is 1.59. The molecule has 1 aromatic rings. The van der Waals surface area contributed by atoms with E-state index in [4.69, 9.17) is 0 Å². The Morgan fingerprint density at radius 2 is 1.15 bits per heavy atom. The molecule has 114 valence electrons. The molecule has 0 saturated heterocycles. The third-order valence-electron chi connectivity index (χ3n) is 2.12. The molecule has 0 aliphatic heterocycles. The smallest absolute Gasteiger partial charge is 0.218 e. The zero-order valence-electron chi connectivity index (χ0n) is 8.60. The Hall–Kier alpha value is -1.07. The molecule has 0 amide bonds. The van der Waals surface area contributed by atoms with Crippen molar-refractivity contribution in [2.45, 2.75) is 18.0 Å². The lowest BCUT2D eigenvalue weighted by molar-refractivity contribution is -0.350. The predicted molar refractivity (Wildman–Crippen MR) is 46.7 cm³/mol. The lowest BCUT2D eigenvalue weighted by Crippen LogP contribution is -2.51. The number of hydrogen-bond donors (Lipinski definition) is 0. The molecular weight excluding hydrogens is 380 g/mol. The van der Waals surface area contributed by atoms with Gasteiger partial charge in [-0.1, -0.05) is 0 Å². The highest BCUT2D eigenvalue weighted by atomic mass is 79.9. The van der Waals surface area contributed by atoms with E-state index >= 15 is 0 Å². The summed E-state index contributed by atoms with van der Waals surface area (Å²) in [5.41, 5.74) is -9.60. The normalized spacial score (nSPS) is 13.8. The Morgan fingerprint density at radius 3 is 1.50 bits per heavy atom. The molecule has 0 fully saturated rings. The van der Waals surface area contributed by atoms with Gasteiger partial charge in [-0.15, -0.1) is 0 Å². The molecule has 0 saturated carbocycles. The van der Waals surface area contributed by atoms with Crippen LogP contribution >= 0.6 is 15.9 Å². The van der Waals surface area contributed by atoms with Crippen molar-refractivity contribution in [3.05, 3.63) is 27.7 Å². The summed E-state index contributed by atoms with van der Waals surface area (Å²) in [5.74, 6) is -8.20. The van der Waals surface area contributed by atoms with Crippen molar-refractivity contribution in [2.24, 2.45) is 0 Å². The Kier molecular flexibility index (Phi) is 4.02. The molecule has 0 unspecified atom stereocenters. The van der Waals surface area contributed by atoms with Crippen molar-refractivity contribution in [1.29, 1.82) is 0 Å². The van der Waals surface area contributed by atoms with Gasteiger partial charge in [0.2, 0.25) is 0 Å². The Balaban J connectivity index is 3.87. The van der Waals surface area contributed by atoms with Gasteiger partial charge in [0, 0.05) is 0 Å². The minimum absolute atomic E-state index is 1.54. The molecule has 0 radical (unpaired) electrons. The van der Waals surface area contributed by atoms with Crippen molar-refractivity contribution < 1.29 is 43.9 Å². The van der Waals surface area contributed by atoms with Gasteiger partial charge in [-0.05, 0) is 15.9 Å². The fourth-order valence-electron chi connectivity index (χ4n) is 1.23. The van der Waals surface area contributed by atoms with Gasteiger partial charge in [0.15, 0.2) is 11.6 Å². The van der Waals surface area contributed by atoms with Crippen molar-refractivity contribution in [3.8, 4) is 0 Å². The molecule has 0 aliphatic rings. The van der Waals surface area contributed by atoms with Crippen molar-refractivity contribution in [3.63, 3.8) is 0 Å². The molecule has 1 heterocycles. The van der Waals surface area contributed by atoms with Crippen molar-refractivity contribution >= 4 is 15.9 Å². The quantitative estimate of drug-likeness (QED) is 0.515. The first-order valence-corrected chi connectivity index (χ1v) is 5.07. The van der Waals surface area contributed by atoms with Crippen LogP contribution in [0.25, 0.3) is 0 Å². The summed E-state index contributed by atoms with van der Waals surface area (Å²) in [4.78, 5) is 2.31. The molecular formula is C8BrF10N. The van der Waals surface area contributed by atoms with Gasteiger partial charge in [-0.3, -0.25) is 0 Å². The maximum absolute atomic E-state index is 13.5. The maximum atomic E-state index is 13.5. The monoisotopic (exact) mass is 379 g/mol. The SMILES string of the molecule is Fc1nc(Br)c(F)c(C(F)(C(F)(F)F)C(F)(F)F)c1F. The van der Waals surface area contributed by atoms with Crippen LogP contribution in [0.2, 0.25) is 0 Å². The maximum Gasteiger partial charge on any atom is 0.436 e. The molecule has 20 heavy (non-hydrogen) atoms. The second kappa shape index (κ2) is 4.74. The summed E-state index contributed by atoms with van der Waals surface area (Å²) in [6.45, 7) is 0. The number of halogens is 11. The largest absolute Gasteiger partial charge is 0.436 e. The van der Waals surface area contributed by atoms with Crippen LogP contribution in [-0.2, 0) is 5.67 Å². The summed E-state index contributed by atoms with van der Waals surface area (Å²) in [6.07, 6.45) is -13.6. The summed E-state index contributed by atoms with van der Waals surface area (Å²) in [7, 11) is 0. The standard InChI is InChI=1S/C8BrF10N/c9-4-2(10)1(3(11)5(12)20-4)6(13,7(14,15)16)8(17,18)19. The molecule has 1 rings (SSSR count). The van der Waals surface area contributed by atoms with E-state index in [0.717, 1.165) is 0 Å². The highest BCUT2D eigenvalue weighted by Crippen LogP contribution is 2.54. The van der Waals surface area contributed by atoms with Gasteiger partial charge in [-0.2, -0.15) is 30.7 Å². The van der Waals surface area contributed by atoms with E-state index in [9.17, 15) is 43.9 Å². The first-order chi connectivity index (χ1) is 8.75. The summed E-state index contributed by atoms with van der Waals surface area (Å²) in [6, 6.07) is 0. The Bertz CT molecular complexity index is 493. The van der Waals surface area contributed by atoms with Crippen LogP contribution in [0.3, 0.4) is 0 Å². The number of aromatic nitrogens is 1. The van der Waals surface area contributed by atoms with Gasteiger partial charge in [0.25, 0.3) is 5.95 Å². The van der Waals surface area contributed by atoms with Crippen LogP contribution in [0.5, 0.6) is 0 Å². The average Bonchev–Trinajstić information content (AvgIpc) is 2.23. The average molecular weight is 380 g/mol. The predicted octanol–water partition coefficient (Wildman–Crippen LogP) is 4.55. The van der Waals surface area contributed by atoms with Crippen LogP contribution in [-0.4, -0.2) is 17.3 Å². The zero-order valence-corrected chi connectivity index (χ0v) is 10.2. The van der Waals surface area contributed by atoms with Crippen LogP contribution < -0.4 is 0 Å². The van der Waals surface area contributed by atoms with Crippen LogP contribution in [0.15, 0.2) is 4.60 Å². The third-order valence-corrected chi connectivity index (χ3v) is 2.65. The molecule has 12 heteroatoms. The van der Waals surface area contributed by atoms with E-state index in [2.05, 4.69) is 4.98 Å². The third kappa shape index (κ3) is 2.33. The van der Waals surface area contributed by atoms with E-state index in [0.29, 0.717) is 0 Å². The minimum atomic E-state index is -6.78. The molecule has 0 aliphatic carbocycles. The highest BCUT2D eigenvalue weighted by molar-refractivity contribution is 9.10. The van der Waals surface area contributed by atoms with E-state index in [1.165, 1.54) is 0 Å². The lowest BCUT2D eigenvalue weighted by Gasteiger charge is -2.30. The zero-order chi connectivity index (χ0) is 16.1. The first kappa shape index (κ1) is 17.0. The summed E-state index contributed by atoms with van der Waals surface area (Å²) >= 11 is 1.96. The number of nitrogens with zero attached hydrogens (tertiary/aromatic N) is 1. The number of alkyl halides is 7. The first-order valence-electron chi connectivity index (χ1n) is 4.28. The van der Waals surface area contributed by atoms with Gasteiger partial charge >= 0.3 is 18.0 Å². The molecule has 0 spiro atoms. The number of pyridine rings is 1. The second-order valence-corrected chi connectivity index (χ2v) is 4.10. The Labute approximate surface area is 111 Å². The molecule has 1 nitrogen and oxygen atoms in total. The molecule has 1 aromatic heterocycles. The van der Waals surface area contributed by atoms with E-state index < -0.39 is 45.8 Å². The van der Waals surface area contributed by atoms with Gasteiger partial charge in [-0.25, -0.2) is 18.2 Å². The van der Waals surface area contributed by atoms with Gasteiger partial charge < -0.3 is 0 Å². The summed E-state index contributed by atoms with van der Waals surface area (Å²) < 4.78 is 125. The highest BCUT2D eigenvalue weighted by Gasteiger charge is 2.75. The number of rotatable bonds is 1. The Morgan fingerprint density at radius 1 is 0.750 bits per heavy atom. The topological polar surface area (TPSA) is 12.9 Å². The summed E-state index contributed by atoms with van der Waals surface area (Å²) in [5, 5.41) is 0. The van der Waals surface area contributed by atoms with Crippen molar-refractivity contribution in [2.75, 3.05) is 0 Å². The molecule has 0 bridgehead atoms. The van der Waals surface area contributed by atoms with Gasteiger partial charge in [0.1, 0.15) is 4.60 Å². The number of hydrogen-bond acceptors (Lipinski definition) is 1. The van der Waals surface area contributed by atoms with Crippen LogP contribution in [0, 0.1) is 17.6 Å². The van der Waals surface area contributed by atoms with Crippen molar-refractivity contribution in [1.82, 2.24) is 4.98 Å². The van der Waals surface area contributed by atoms with E-state index in [-0.39, 0.29) is 0 Å². The second-order valence-electron chi connectivity index (χ2n) is 3.35. The van der Waals surface area contributed by atoms with Crippen LogP contribution in [0.4, 0.5) is 43.9 Å². The van der Waals surface area contributed by atoms with Crippen LogP contribution in [0.1, 0.15) is 5.56 Å². The lowest BCUT2D eigenvalue weighted by atomic mass is 9.94. The fraction of sp³-hybridized carbons (Fsp3) is 0.375. The van der Waals surface area contributed by atoms with E-state index in [1.54, 1.807) is 0 Å². The van der Waals surface area contributed by atoms with E-state index in [1.807, 2.05) is 15.9 Å². The van der Waals surface area contributed by atoms with Gasteiger partial charge in [0.05, 0.1) is 5.56 Å². The molecule has 0 aromatic carbocycles. The molecule has 0 atom stereocenters. The minimum Gasteiger partial charge on any atom is -0.218 e.